The number of carboxylic acid groups (broad SMARTS) is 1. The molecule has 21 heavy (non-hydrogen) atoms. The van der Waals surface area contributed by atoms with Crippen LogP contribution in [-0.4, -0.2) is 61.2 Å². The molecule has 0 aliphatic carbocycles. The molecule has 0 aromatic carbocycles. The molecule has 1 amide bonds. The van der Waals surface area contributed by atoms with E-state index >= 15 is 0 Å². The molecule has 7 nitrogen and oxygen atoms in total. The van der Waals surface area contributed by atoms with Crippen LogP contribution in [0.15, 0.2) is 0 Å². The van der Waals surface area contributed by atoms with E-state index in [-0.39, 0.29) is 17.9 Å². The maximum atomic E-state index is 12.7. The van der Waals surface area contributed by atoms with Gasteiger partial charge in [0.05, 0.1) is 18.1 Å². The fourth-order valence-corrected chi connectivity index (χ4v) is 3.42. The number of alkyl halides is 3. The number of amides is 1. The largest absolute Gasteiger partial charge is 0.480 e. The standard InChI is InChI=1S/C10H15F3N2O5S/c1-9(8(17)18,10(11,12)13)14-4-7(16)15-6-2-3-21(19,20)5-6/h6,14H,2-5H2,1H3,(H,15,16)(H,17,18). The van der Waals surface area contributed by atoms with Gasteiger partial charge in [0.2, 0.25) is 11.4 Å². The molecule has 2 atom stereocenters. The highest BCUT2D eigenvalue weighted by molar-refractivity contribution is 7.91. The summed E-state index contributed by atoms with van der Waals surface area (Å²) in [5, 5.41) is 12.5. The Morgan fingerprint density at radius 3 is 2.29 bits per heavy atom. The first kappa shape index (κ1) is 17.7. The number of hydrogen-bond donors (Lipinski definition) is 3. The van der Waals surface area contributed by atoms with Crippen molar-refractivity contribution >= 4 is 21.7 Å². The third-order valence-corrected chi connectivity index (χ3v) is 4.96. The zero-order chi connectivity index (χ0) is 16.5. The van der Waals surface area contributed by atoms with Crippen molar-refractivity contribution < 1.29 is 36.3 Å². The van der Waals surface area contributed by atoms with E-state index in [1.807, 2.05) is 0 Å². The Bertz CT molecular complexity index is 533. The van der Waals surface area contributed by atoms with Gasteiger partial charge in [0.25, 0.3) is 0 Å². The molecular weight excluding hydrogens is 317 g/mol. The molecule has 0 radical (unpaired) electrons. The number of carbonyl (C=O) groups excluding carboxylic acids is 1. The lowest BCUT2D eigenvalue weighted by Crippen LogP contribution is -2.62. The van der Waals surface area contributed by atoms with Gasteiger partial charge in [0.15, 0.2) is 9.84 Å². The van der Waals surface area contributed by atoms with Crippen LogP contribution >= 0.6 is 0 Å². The minimum Gasteiger partial charge on any atom is -0.480 e. The van der Waals surface area contributed by atoms with Gasteiger partial charge < -0.3 is 10.4 Å². The van der Waals surface area contributed by atoms with Crippen molar-refractivity contribution in [1.82, 2.24) is 10.6 Å². The molecule has 1 rings (SSSR count). The average molecular weight is 332 g/mol. The first-order valence-electron chi connectivity index (χ1n) is 5.92. The van der Waals surface area contributed by atoms with Crippen LogP contribution in [0.4, 0.5) is 13.2 Å². The van der Waals surface area contributed by atoms with Crippen LogP contribution in [0.2, 0.25) is 0 Å². The number of halogens is 3. The number of nitrogens with one attached hydrogen (secondary N) is 2. The van der Waals surface area contributed by atoms with E-state index in [4.69, 9.17) is 5.11 Å². The molecule has 3 N–H and O–H groups in total. The number of carbonyl (C=O) groups is 2. The van der Waals surface area contributed by atoms with Crippen LogP contribution in [0, 0.1) is 0 Å². The van der Waals surface area contributed by atoms with Crippen molar-refractivity contribution in [1.29, 1.82) is 0 Å². The van der Waals surface area contributed by atoms with E-state index in [1.165, 1.54) is 0 Å². The molecule has 1 heterocycles. The van der Waals surface area contributed by atoms with Crippen molar-refractivity contribution in [3.05, 3.63) is 0 Å². The minimum atomic E-state index is -5.09. The second-order valence-corrected chi connectivity index (χ2v) is 7.18. The Balaban J connectivity index is 2.58. The third-order valence-electron chi connectivity index (χ3n) is 3.19. The Kier molecular flexibility index (Phi) is 4.88. The Morgan fingerprint density at radius 1 is 1.33 bits per heavy atom. The van der Waals surface area contributed by atoms with E-state index in [9.17, 15) is 31.2 Å². The average Bonchev–Trinajstić information content (AvgIpc) is 2.63. The van der Waals surface area contributed by atoms with Crippen LogP contribution in [0.1, 0.15) is 13.3 Å². The number of carboxylic acids is 1. The second-order valence-electron chi connectivity index (χ2n) is 4.95. The predicted molar refractivity (Wildman–Crippen MR) is 65.3 cm³/mol. The van der Waals surface area contributed by atoms with Gasteiger partial charge in [-0.15, -0.1) is 0 Å². The number of sulfone groups is 1. The highest BCUT2D eigenvalue weighted by Crippen LogP contribution is 2.30. The van der Waals surface area contributed by atoms with E-state index in [0.29, 0.717) is 6.92 Å². The maximum Gasteiger partial charge on any atom is 0.417 e. The molecule has 0 saturated carbocycles. The van der Waals surface area contributed by atoms with Gasteiger partial charge in [-0.25, -0.2) is 13.2 Å². The summed E-state index contributed by atoms with van der Waals surface area (Å²) < 4.78 is 60.3. The number of hydrogen-bond acceptors (Lipinski definition) is 5. The quantitative estimate of drug-likeness (QED) is 0.613. The predicted octanol–water partition coefficient (Wildman–Crippen LogP) is -0.715. The highest BCUT2D eigenvalue weighted by atomic mass is 32.2. The summed E-state index contributed by atoms with van der Waals surface area (Å²) in [7, 11) is -3.23. The van der Waals surface area contributed by atoms with Gasteiger partial charge in [-0.3, -0.25) is 10.1 Å². The van der Waals surface area contributed by atoms with Crippen molar-refractivity contribution in [3.63, 3.8) is 0 Å². The molecule has 11 heteroatoms. The molecule has 0 aromatic heterocycles. The number of aliphatic carboxylic acids is 1. The monoisotopic (exact) mass is 332 g/mol. The summed E-state index contributed by atoms with van der Waals surface area (Å²) in [6.45, 7) is -0.485. The molecule has 0 aromatic rings. The van der Waals surface area contributed by atoms with E-state index in [0.717, 1.165) is 0 Å². The molecule has 0 bridgehead atoms. The van der Waals surface area contributed by atoms with Gasteiger partial charge in [0.1, 0.15) is 0 Å². The molecule has 1 saturated heterocycles. The van der Waals surface area contributed by atoms with Crippen LogP contribution in [0.5, 0.6) is 0 Å². The zero-order valence-corrected chi connectivity index (χ0v) is 11.8. The fraction of sp³-hybridized carbons (Fsp3) is 0.800. The second kappa shape index (κ2) is 5.79. The van der Waals surface area contributed by atoms with Gasteiger partial charge >= 0.3 is 12.1 Å². The molecular formula is C10H15F3N2O5S. The van der Waals surface area contributed by atoms with Crippen molar-refractivity contribution in [3.8, 4) is 0 Å². The highest BCUT2D eigenvalue weighted by Gasteiger charge is 2.57. The van der Waals surface area contributed by atoms with Gasteiger partial charge in [-0.1, -0.05) is 0 Å². The van der Waals surface area contributed by atoms with Crippen LogP contribution in [0.25, 0.3) is 0 Å². The smallest absolute Gasteiger partial charge is 0.417 e. The molecule has 1 aliphatic heterocycles. The summed E-state index contributed by atoms with van der Waals surface area (Å²) in [4.78, 5) is 22.2. The fourth-order valence-electron chi connectivity index (χ4n) is 1.74. The number of rotatable bonds is 5. The van der Waals surface area contributed by atoms with Crippen molar-refractivity contribution in [2.45, 2.75) is 31.1 Å². The van der Waals surface area contributed by atoms with Gasteiger partial charge in [0, 0.05) is 6.04 Å². The van der Waals surface area contributed by atoms with Gasteiger partial charge in [-0.2, -0.15) is 13.2 Å². The molecule has 0 spiro atoms. The maximum absolute atomic E-state index is 12.7. The summed E-state index contributed by atoms with van der Waals surface area (Å²) in [5.74, 6) is -3.42. The molecule has 1 fully saturated rings. The van der Waals surface area contributed by atoms with Gasteiger partial charge in [-0.05, 0) is 13.3 Å². The van der Waals surface area contributed by atoms with Crippen LogP contribution in [0.3, 0.4) is 0 Å². The molecule has 122 valence electrons. The Morgan fingerprint density at radius 2 is 1.90 bits per heavy atom. The SMILES string of the molecule is CC(NCC(=O)NC1CCS(=O)(=O)C1)(C(=O)O)C(F)(F)F. The first-order valence-corrected chi connectivity index (χ1v) is 7.74. The lowest BCUT2D eigenvalue weighted by molar-refractivity contribution is -0.205. The summed E-state index contributed by atoms with van der Waals surface area (Å²) in [6, 6.07) is -0.661. The third kappa shape index (κ3) is 4.30. The summed E-state index contributed by atoms with van der Waals surface area (Å²) >= 11 is 0. The van der Waals surface area contributed by atoms with E-state index in [2.05, 4.69) is 5.32 Å². The molecule has 2 unspecified atom stereocenters. The lowest BCUT2D eigenvalue weighted by atomic mass is 10.0. The topological polar surface area (TPSA) is 113 Å². The van der Waals surface area contributed by atoms with Crippen LogP contribution in [-0.2, 0) is 19.4 Å². The first-order chi connectivity index (χ1) is 9.37. The lowest BCUT2D eigenvalue weighted by Gasteiger charge is -2.28. The summed E-state index contributed by atoms with van der Waals surface area (Å²) in [5.41, 5.74) is -3.26. The van der Waals surface area contributed by atoms with Crippen LogP contribution < -0.4 is 10.6 Å². The normalized spacial score (nSPS) is 24.3. The van der Waals surface area contributed by atoms with Crippen molar-refractivity contribution in [2.75, 3.05) is 18.1 Å². The zero-order valence-electron chi connectivity index (χ0n) is 11.0. The van der Waals surface area contributed by atoms with Crippen molar-refractivity contribution in [2.24, 2.45) is 0 Å². The Hall–Kier alpha value is -1.36. The van der Waals surface area contributed by atoms with E-state index < -0.39 is 46.0 Å². The Labute approximate surface area is 118 Å². The van der Waals surface area contributed by atoms with E-state index in [1.54, 1.807) is 5.32 Å². The minimum absolute atomic E-state index is 0.0965. The summed E-state index contributed by atoms with van der Waals surface area (Å²) in [6.07, 6.45) is -4.90. The molecule has 1 aliphatic rings.